The maximum Gasteiger partial charge on any atom is 0.442 e. The van der Waals surface area contributed by atoms with E-state index in [2.05, 4.69) is 13.8 Å². The highest BCUT2D eigenvalue weighted by atomic mass is 32.2. The van der Waals surface area contributed by atoms with E-state index in [9.17, 15) is 14.6 Å². The molecule has 0 fully saturated rings. The van der Waals surface area contributed by atoms with Crippen LogP contribution in [0.5, 0.6) is 0 Å². The molecule has 35 heavy (non-hydrogen) atoms. The molecular formula is C27H53O6PS. The summed E-state index contributed by atoms with van der Waals surface area (Å²) in [6, 6.07) is 0. The van der Waals surface area contributed by atoms with Crippen molar-refractivity contribution in [3.05, 3.63) is 0 Å². The third kappa shape index (κ3) is 20.6. The first-order valence-electron chi connectivity index (χ1n) is 14.1. The lowest BCUT2D eigenvalue weighted by molar-refractivity contribution is -0.289. The first kappa shape index (κ1) is 34.8. The van der Waals surface area contributed by atoms with Gasteiger partial charge < -0.3 is 9.63 Å². The second-order valence-electron chi connectivity index (χ2n) is 9.39. The van der Waals surface area contributed by atoms with Gasteiger partial charge in [-0.3, -0.25) is 4.89 Å². The summed E-state index contributed by atoms with van der Waals surface area (Å²) in [5, 5.41) is 0.214. The van der Waals surface area contributed by atoms with Crippen LogP contribution in [0.1, 0.15) is 137 Å². The van der Waals surface area contributed by atoms with Crippen LogP contribution in [0.25, 0.3) is 0 Å². The fourth-order valence-electron chi connectivity index (χ4n) is 3.84. The van der Waals surface area contributed by atoms with Crippen molar-refractivity contribution in [2.24, 2.45) is 0 Å². The summed E-state index contributed by atoms with van der Waals surface area (Å²) in [4.78, 5) is 43.2. The molecule has 0 aliphatic rings. The number of carbonyl (C=O) groups excluding carboxylic acids is 1. The molecule has 0 saturated heterocycles. The normalized spacial score (nSPS) is 14.0. The summed E-state index contributed by atoms with van der Waals surface area (Å²) in [6.07, 6.45) is 20.5. The number of unbranched alkanes of at least 4 members (excludes halogenated alkanes) is 13. The first-order valence-corrected chi connectivity index (χ1v) is 16.4. The molecule has 0 saturated carbocycles. The summed E-state index contributed by atoms with van der Waals surface area (Å²) in [6.45, 7) is 8.41. The molecule has 0 spiro atoms. The lowest BCUT2D eigenvalue weighted by atomic mass is 10.1. The lowest BCUT2D eigenvalue weighted by Crippen LogP contribution is -2.29. The molecule has 0 aromatic carbocycles. The summed E-state index contributed by atoms with van der Waals surface area (Å²) in [5.41, 5.74) is -0.580. The van der Waals surface area contributed by atoms with Crippen molar-refractivity contribution >= 4 is 31.2 Å². The van der Waals surface area contributed by atoms with E-state index in [1.165, 1.54) is 89.9 Å². The standard InChI is InChI=1S/C27H53O6PS/c1-5-8-10-12-14-15-16-18-20-23-35-25(21-19-17-13-11-9-6-2)24(4)32-33-26(28)27(34(29)30)31-22-7-3/h24-25H,5-23H2,1-4H3,(H,29,30). The molecule has 0 rings (SSSR count). The highest BCUT2D eigenvalue weighted by molar-refractivity contribution is 7.99. The molecule has 0 aromatic heterocycles. The monoisotopic (exact) mass is 536 g/mol. The molecule has 8 heteroatoms. The average molecular weight is 537 g/mol. The highest BCUT2D eigenvalue weighted by Crippen LogP contribution is 2.26. The zero-order chi connectivity index (χ0) is 26.2. The number of hydrogen-bond donors (Lipinski definition) is 1. The second kappa shape index (κ2) is 25.5. The minimum absolute atomic E-state index is 0.177. The minimum Gasteiger partial charge on any atom is -0.601 e. The zero-order valence-corrected chi connectivity index (χ0v) is 24.6. The van der Waals surface area contributed by atoms with Gasteiger partial charge in [0.1, 0.15) is 6.10 Å². The molecule has 3 unspecified atom stereocenters. The van der Waals surface area contributed by atoms with Crippen molar-refractivity contribution in [1.29, 1.82) is 0 Å². The molecule has 0 bridgehead atoms. The Balaban J connectivity index is 4.47. The first-order chi connectivity index (χ1) is 17.0. The van der Waals surface area contributed by atoms with Gasteiger partial charge in [0.15, 0.2) is 0 Å². The molecule has 0 aliphatic heterocycles. The molecule has 3 atom stereocenters. The Morgan fingerprint density at radius 1 is 0.829 bits per heavy atom. The molecule has 208 valence electrons. The summed E-state index contributed by atoms with van der Waals surface area (Å²) < 4.78 is 5.08. The molecule has 0 heterocycles. The van der Waals surface area contributed by atoms with Gasteiger partial charge in [0.25, 0.3) is 8.00 Å². The zero-order valence-electron chi connectivity index (χ0n) is 22.9. The van der Waals surface area contributed by atoms with E-state index in [1.54, 1.807) is 0 Å². The van der Waals surface area contributed by atoms with Crippen LogP contribution in [-0.4, -0.2) is 40.1 Å². The Morgan fingerprint density at radius 2 is 1.34 bits per heavy atom. The summed E-state index contributed by atoms with van der Waals surface area (Å²) in [5.74, 6) is 0.0495. The lowest BCUT2D eigenvalue weighted by Gasteiger charge is -2.22. The number of rotatable bonds is 25. The predicted octanol–water partition coefficient (Wildman–Crippen LogP) is 7.45. The number of carbonyl (C=O) groups is 1. The van der Waals surface area contributed by atoms with Crippen LogP contribution in [0, 0.1) is 0 Å². The van der Waals surface area contributed by atoms with E-state index in [0.717, 1.165) is 18.6 Å². The Bertz CT molecular complexity index is 528. The van der Waals surface area contributed by atoms with E-state index in [4.69, 9.17) is 14.5 Å². The molecule has 0 aliphatic carbocycles. The van der Waals surface area contributed by atoms with Crippen LogP contribution in [-0.2, 0) is 19.3 Å². The van der Waals surface area contributed by atoms with E-state index in [1.807, 2.05) is 25.6 Å². The van der Waals surface area contributed by atoms with E-state index < -0.39 is 19.4 Å². The number of thioether (sulfide) groups is 1. The van der Waals surface area contributed by atoms with Crippen molar-refractivity contribution < 1.29 is 29.1 Å². The maximum atomic E-state index is 12.2. The van der Waals surface area contributed by atoms with Gasteiger partial charge in [-0.25, -0.2) is 4.79 Å². The molecule has 0 amide bonds. The van der Waals surface area contributed by atoms with Crippen LogP contribution < -0.4 is 4.89 Å². The Hall–Kier alpha value is -0.170. The van der Waals surface area contributed by atoms with Gasteiger partial charge in [0.05, 0.1) is 6.61 Å². The molecule has 0 radical (unpaired) electrons. The summed E-state index contributed by atoms with van der Waals surface area (Å²) in [7, 11) is -2.92. The number of ether oxygens (including phenoxy) is 1. The predicted molar refractivity (Wildman–Crippen MR) is 148 cm³/mol. The van der Waals surface area contributed by atoms with Gasteiger partial charge in [-0.15, -0.1) is 0 Å². The van der Waals surface area contributed by atoms with Crippen molar-refractivity contribution in [2.45, 2.75) is 148 Å². The third-order valence-electron chi connectivity index (χ3n) is 6.01. The van der Waals surface area contributed by atoms with Gasteiger partial charge in [0.2, 0.25) is 0 Å². The smallest absolute Gasteiger partial charge is 0.442 e. The average Bonchev–Trinajstić information content (AvgIpc) is 2.84. The van der Waals surface area contributed by atoms with Crippen LogP contribution in [0.15, 0.2) is 0 Å². The largest absolute Gasteiger partial charge is 0.601 e. The number of hydrogen-bond acceptors (Lipinski definition) is 7. The Labute approximate surface area is 220 Å². The van der Waals surface area contributed by atoms with Crippen LogP contribution in [0.3, 0.4) is 0 Å². The van der Waals surface area contributed by atoms with Gasteiger partial charge >= 0.3 is 11.4 Å². The Kier molecular flexibility index (Phi) is 25.4. The van der Waals surface area contributed by atoms with E-state index >= 15 is 0 Å². The van der Waals surface area contributed by atoms with Crippen LogP contribution >= 0.6 is 19.8 Å². The Morgan fingerprint density at radius 3 is 1.86 bits per heavy atom. The minimum atomic E-state index is -2.92. The second-order valence-corrected chi connectivity index (χ2v) is 11.7. The fourth-order valence-corrected chi connectivity index (χ4v) is 5.55. The van der Waals surface area contributed by atoms with Gasteiger partial charge in [0, 0.05) is 5.25 Å². The van der Waals surface area contributed by atoms with Crippen molar-refractivity contribution in [1.82, 2.24) is 0 Å². The van der Waals surface area contributed by atoms with Crippen LogP contribution in [0.4, 0.5) is 0 Å². The highest BCUT2D eigenvalue weighted by Gasteiger charge is 2.27. The quantitative estimate of drug-likeness (QED) is 0.0561. The van der Waals surface area contributed by atoms with Crippen molar-refractivity contribution in [2.75, 3.05) is 12.4 Å². The molecule has 1 N–H and O–H groups in total. The molecular weight excluding hydrogens is 483 g/mol. The van der Waals surface area contributed by atoms with E-state index in [0.29, 0.717) is 6.42 Å². The SMILES string of the molecule is CCCCCCCCCCCSC(CCCCCCCC)C(C)OOC(=O)C(OCCC)=[P+]([O-])O. The van der Waals surface area contributed by atoms with E-state index in [-0.39, 0.29) is 18.0 Å². The third-order valence-corrected chi connectivity index (χ3v) is 8.24. The molecule has 6 nitrogen and oxygen atoms in total. The van der Waals surface area contributed by atoms with Gasteiger partial charge in [-0.05, 0) is 31.9 Å². The van der Waals surface area contributed by atoms with Gasteiger partial charge in [-0.1, -0.05) is 111 Å². The van der Waals surface area contributed by atoms with Crippen molar-refractivity contribution in [3.8, 4) is 0 Å². The summed E-state index contributed by atoms with van der Waals surface area (Å²) >= 11 is 1.89. The maximum absolute atomic E-state index is 12.2. The molecule has 0 aromatic rings. The fraction of sp³-hybridized carbons (Fsp3) is 0.926. The van der Waals surface area contributed by atoms with Crippen LogP contribution in [0.2, 0.25) is 0 Å². The van der Waals surface area contributed by atoms with Gasteiger partial charge in [-0.2, -0.15) is 21.5 Å². The topological polar surface area (TPSA) is 88.1 Å². The van der Waals surface area contributed by atoms with Crippen molar-refractivity contribution in [3.63, 3.8) is 0 Å².